The summed E-state index contributed by atoms with van der Waals surface area (Å²) in [4.78, 5) is 14.6. The number of nitrogens with zero attached hydrogens (tertiary/aromatic N) is 2. The molecule has 1 aliphatic heterocycles. The minimum atomic E-state index is -0.239. The Morgan fingerprint density at radius 3 is 2.88 bits per heavy atom. The van der Waals surface area contributed by atoms with Crippen LogP contribution in [0.2, 0.25) is 0 Å². The van der Waals surface area contributed by atoms with Gasteiger partial charge >= 0.3 is 0 Å². The molecule has 1 aliphatic rings. The number of likely N-dealkylation sites (N-methyl/N-ethyl adjacent to an activating group) is 1. The number of hydrogen-bond donors (Lipinski definition) is 1. The van der Waals surface area contributed by atoms with Crippen molar-refractivity contribution in [2.75, 3.05) is 34.4 Å². The van der Waals surface area contributed by atoms with E-state index in [1.54, 1.807) is 38.5 Å². The first-order valence-corrected chi connectivity index (χ1v) is 8.30. The first kappa shape index (κ1) is 17.3. The van der Waals surface area contributed by atoms with E-state index in [-0.39, 0.29) is 11.6 Å². The van der Waals surface area contributed by atoms with E-state index in [1.165, 1.54) is 6.42 Å². The Kier molecular flexibility index (Phi) is 5.23. The maximum absolute atomic E-state index is 12.3. The van der Waals surface area contributed by atoms with Gasteiger partial charge in [0.05, 0.1) is 19.8 Å². The van der Waals surface area contributed by atoms with Crippen molar-refractivity contribution in [1.29, 1.82) is 0 Å². The largest absolute Gasteiger partial charge is 0.497 e. The number of ether oxygens (including phenoxy) is 2. The van der Waals surface area contributed by atoms with Crippen LogP contribution in [0, 0.1) is 0 Å². The van der Waals surface area contributed by atoms with Crippen LogP contribution in [0.25, 0.3) is 11.3 Å². The summed E-state index contributed by atoms with van der Waals surface area (Å²) in [5.74, 6) is 1.51. The molecule has 1 N–H and O–H groups in total. The van der Waals surface area contributed by atoms with Gasteiger partial charge in [0.1, 0.15) is 11.5 Å². The van der Waals surface area contributed by atoms with Gasteiger partial charge in [-0.1, -0.05) is 5.16 Å². The van der Waals surface area contributed by atoms with Crippen LogP contribution in [0.1, 0.15) is 23.3 Å². The van der Waals surface area contributed by atoms with Crippen LogP contribution in [0.5, 0.6) is 11.5 Å². The van der Waals surface area contributed by atoms with Gasteiger partial charge < -0.3 is 24.2 Å². The number of rotatable bonds is 6. The SMILES string of the molecule is COc1ccc(OC)c(-c2cc(C(=O)NC[C@H]3CCCN3C)no2)c1. The third-order valence-electron chi connectivity index (χ3n) is 4.58. The Morgan fingerprint density at radius 2 is 2.20 bits per heavy atom. The average molecular weight is 345 g/mol. The van der Waals surface area contributed by atoms with Crippen LogP contribution >= 0.6 is 0 Å². The molecule has 7 nitrogen and oxygen atoms in total. The zero-order chi connectivity index (χ0) is 17.8. The molecule has 1 aromatic heterocycles. The second kappa shape index (κ2) is 7.57. The molecule has 0 radical (unpaired) electrons. The monoisotopic (exact) mass is 345 g/mol. The fraction of sp³-hybridized carbons (Fsp3) is 0.444. The first-order valence-electron chi connectivity index (χ1n) is 8.30. The van der Waals surface area contributed by atoms with Gasteiger partial charge in [-0.3, -0.25) is 4.79 Å². The van der Waals surface area contributed by atoms with Gasteiger partial charge in [0.15, 0.2) is 11.5 Å². The van der Waals surface area contributed by atoms with E-state index in [0.29, 0.717) is 35.4 Å². The molecule has 25 heavy (non-hydrogen) atoms. The second-order valence-electron chi connectivity index (χ2n) is 6.13. The van der Waals surface area contributed by atoms with Gasteiger partial charge in [-0.05, 0) is 44.6 Å². The van der Waals surface area contributed by atoms with Gasteiger partial charge in [0.2, 0.25) is 0 Å². The molecule has 0 bridgehead atoms. The molecule has 134 valence electrons. The molecule has 3 rings (SSSR count). The Morgan fingerprint density at radius 1 is 1.36 bits per heavy atom. The Labute approximate surface area is 146 Å². The van der Waals surface area contributed by atoms with Gasteiger partial charge in [0, 0.05) is 18.7 Å². The number of nitrogens with one attached hydrogen (secondary N) is 1. The second-order valence-corrected chi connectivity index (χ2v) is 6.13. The number of methoxy groups -OCH3 is 2. The highest BCUT2D eigenvalue weighted by Crippen LogP contribution is 2.33. The minimum absolute atomic E-state index is 0.239. The van der Waals surface area contributed by atoms with E-state index in [2.05, 4.69) is 22.4 Å². The lowest BCUT2D eigenvalue weighted by Crippen LogP contribution is -2.38. The van der Waals surface area contributed by atoms with E-state index in [1.807, 2.05) is 0 Å². The summed E-state index contributed by atoms with van der Waals surface area (Å²) in [6.45, 7) is 1.68. The normalized spacial score (nSPS) is 17.5. The standard InChI is InChI=1S/C18H23N3O4/c1-21-8-4-5-12(21)11-19-18(22)15-10-17(25-20-15)14-9-13(23-2)6-7-16(14)24-3/h6-7,9-10,12H,4-5,8,11H2,1-3H3,(H,19,22)/t12-/m1/s1. The highest BCUT2D eigenvalue weighted by Gasteiger charge is 2.22. The molecule has 1 atom stereocenters. The van der Waals surface area contributed by atoms with Gasteiger partial charge in [-0.2, -0.15) is 0 Å². The van der Waals surface area contributed by atoms with Crippen LogP contribution < -0.4 is 14.8 Å². The summed E-state index contributed by atoms with van der Waals surface area (Å²) in [6.07, 6.45) is 2.27. The lowest BCUT2D eigenvalue weighted by atomic mass is 10.1. The fourth-order valence-corrected chi connectivity index (χ4v) is 3.05. The zero-order valence-electron chi connectivity index (χ0n) is 14.7. The first-order chi connectivity index (χ1) is 12.1. The lowest BCUT2D eigenvalue weighted by Gasteiger charge is -2.19. The molecule has 0 aliphatic carbocycles. The molecular formula is C18H23N3O4. The molecule has 1 saturated heterocycles. The molecule has 2 aromatic rings. The molecule has 7 heteroatoms. The molecule has 1 fully saturated rings. The number of benzene rings is 1. The number of likely N-dealkylation sites (tertiary alicyclic amines) is 1. The van der Waals surface area contributed by atoms with E-state index in [4.69, 9.17) is 14.0 Å². The lowest BCUT2D eigenvalue weighted by molar-refractivity contribution is 0.0934. The molecule has 1 amide bonds. The molecular weight excluding hydrogens is 322 g/mol. The maximum Gasteiger partial charge on any atom is 0.273 e. The number of aromatic nitrogens is 1. The van der Waals surface area contributed by atoms with E-state index < -0.39 is 0 Å². The van der Waals surface area contributed by atoms with Crippen LogP contribution in [0.3, 0.4) is 0 Å². The van der Waals surface area contributed by atoms with E-state index >= 15 is 0 Å². The number of amides is 1. The van der Waals surface area contributed by atoms with Crippen molar-refractivity contribution in [2.45, 2.75) is 18.9 Å². The summed E-state index contributed by atoms with van der Waals surface area (Å²) in [5.41, 5.74) is 0.935. The Hall–Kier alpha value is -2.54. The van der Waals surface area contributed by atoms with Crippen LogP contribution in [0.15, 0.2) is 28.8 Å². The third kappa shape index (κ3) is 3.76. The highest BCUT2D eigenvalue weighted by molar-refractivity contribution is 5.93. The summed E-state index contributed by atoms with van der Waals surface area (Å²) >= 11 is 0. The van der Waals surface area contributed by atoms with Crippen molar-refractivity contribution in [2.24, 2.45) is 0 Å². The van der Waals surface area contributed by atoms with Crippen molar-refractivity contribution >= 4 is 5.91 Å². The molecule has 0 saturated carbocycles. The van der Waals surface area contributed by atoms with Crippen LogP contribution in [-0.2, 0) is 0 Å². The summed E-state index contributed by atoms with van der Waals surface area (Å²) in [6, 6.07) is 7.37. The number of hydrogen-bond acceptors (Lipinski definition) is 6. The van der Waals surface area contributed by atoms with Crippen LogP contribution in [0.4, 0.5) is 0 Å². The van der Waals surface area contributed by atoms with Gasteiger partial charge in [0.25, 0.3) is 5.91 Å². The molecule has 1 aromatic carbocycles. The predicted molar refractivity (Wildman–Crippen MR) is 93.0 cm³/mol. The van der Waals surface area contributed by atoms with Crippen LogP contribution in [-0.4, -0.2) is 56.4 Å². The van der Waals surface area contributed by atoms with Gasteiger partial charge in [-0.25, -0.2) is 0 Å². The topological polar surface area (TPSA) is 76.8 Å². The van der Waals surface area contributed by atoms with Crippen molar-refractivity contribution in [3.05, 3.63) is 30.0 Å². The van der Waals surface area contributed by atoms with Gasteiger partial charge in [-0.15, -0.1) is 0 Å². The zero-order valence-corrected chi connectivity index (χ0v) is 14.7. The molecule has 0 unspecified atom stereocenters. The van der Waals surface area contributed by atoms with Crippen molar-refractivity contribution in [3.63, 3.8) is 0 Å². The summed E-state index contributed by atoms with van der Waals surface area (Å²) < 4.78 is 15.9. The summed E-state index contributed by atoms with van der Waals surface area (Å²) in [7, 11) is 5.24. The summed E-state index contributed by atoms with van der Waals surface area (Å²) in [5, 5.41) is 6.82. The maximum atomic E-state index is 12.3. The van der Waals surface area contributed by atoms with Crippen molar-refractivity contribution in [3.8, 4) is 22.8 Å². The third-order valence-corrected chi connectivity index (χ3v) is 4.58. The predicted octanol–water partition coefficient (Wildman–Crippen LogP) is 2.18. The van der Waals surface area contributed by atoms with E-state index in [0.717, 1.165) is 13.0 Å². The molecule has 2 heterocycles. The fourth-order valence-electron chi connectivity index (χ4n) is 3.05. The number of carbonyl (C=O) groups excluding carboxylic acids is 1. The quantitative estimate of drug-likeness (QED) is 0.865. The average Bonchev–Trinajstić information content (AvgIpc) is 3.28. The van der Waals surface area contributed by atoms with Crippen molar-refractivity contribution < 1.29 is 18.8 Å². The van der Waals surface area contributed by atoms with Crippen molar-refractivity contribution in [1.82, 2.24) is 15.4 Å². The highest BCUT2D eigenvalue weighted by atomic mass is 16.5. The smallest absolute Gasteiger partial charge is 0.273 e. The Bertz CT molecular complexity index is 744. The number of carbonyl (C=O) groups is 1. The Balaban J connectivity index is 1.72. The molecule has 0 spiro atoms. The van der Waals surface area contributed by atoms with E-state index in [9.17, 15) is 4.79 Å². The minimum Gasteiger partial charge on any atom is -0.497 e.